The van der Waals surface area contributed by atoms with Gasteiger partial charge in [-0.05, 0) is 36.6 Å². The van der Waals surface area contributed by atoms with Crippen LogP contribution in [0.25, 0.3) is 0 Å². The quantitative estimate of drug-likeness (QED) is 0.504. The molecular weight excluding hydrogens is 276 g/mol. The number of fused-ring (bicyclic) bond motifs is 1. The Morgan fingerprint density at radius 3 is 2.48 bits per heavy atom. The van der Waals surface area contributed by atoms with Crippen molar-refractivity contribution in [2.24, 2.45) is 0 Å². The standard InChI is InChI=1S/C15H12O6/c1-7(2)11(16)4-3-8-5-9(13(17)18)6-10-12(8)15(20)21-14(10)19/h5-6H,1,3-4H2,2H3,(H,17,18). The zero-order valence-corrected chi connectivity index (χ0v) is 11.3. The van der Waals surface area contributed by atoms with Crippen LogP contribution < -0.4 is 0 Å². The fourth-order valence-electron chi connectivity index (χ4n) is 2.08. The van der Waals surface area contributed by atoms with E-state index in [1.807, 2.05) is 0 Å². The summed E-state index contributed by atoms with van der Waals surface area (Å²) in [6.45, 7) is 5.09. The van der Waals surface area contributed by atoms with Crippen molar-refractivity contribution in [3.05, 3.63) is 46.5 Å². The molecule has 1 aliphatic heterocycles. The van der Waals surface area contributed by atoms with Crippen LogP contribution in [0.15, 0.2) is 24.3 Å². The molecule has 1 heterocycles. The number of allylic oxidation sites excluding steroid dienone is 1. The summed E-state index contributed by atoms with van der Waals surface area (Å²) in [5.74, 6) is -3.10. The molecule has 0 spiro atoms. The van der Waals surface area contributed by atoms with E-state index >= 15 is 0 Å². The third-order valence-corrected chi connectivity index (χ3v) is 3.17. The zero-order chi connectivity index (χ0) is 15.7. The highest BCUT2D eigenvalue weighted by atomic mass is 16.6. The molecule has 1 aromatic carbocycles. The van der Waals surface area contributed by atoms with Gasteiger partial charge in [-0.15, -0.1) is 0 Å². The van der Waals surface area contributed by atoms with Crippen LogP contribution in [0, 0.1) is 0 Å². The van der Waals surface area contributed by atoms with E-state index in [0.717, 1.165) is 6.07 Å². The number of hydrogen-bond donors (Lipinski definition) is 1. The summed E-state index contributed by atoms with van der Waals surface area (Å²) < 4.78 is 4.49. The largest absolute Gasteiger partial charge is 0.478 e. The van der Waals surface area contributed by atoms with Crippen LogP contribution in [0.5, 0.6) is 0 Å². The summed E-state index contributed by atoms with van der Waals surface area (Å²) in [4.78, 5) is 45.8. The number of hydrogen-bond acceptors (Lipinski definition) is 5. The third kappa shape index (κ3) is 2.74. The van der Waals surface area contributed by atoms with Crippen molar-refractivity contribution >= 4 is 23.7 Å². The number of rotatable bonds is 5. The highest BCUT2D eigenvalue weighted by Gasteiger charge is 2.33. The Kier molecular flexibility index (Phi) is 3.71. The lowest BCUT2D eigenvalue weighted by atomic mass is 9.94. The summed E-state index contributed by atoms with van der Waals surface area (Å²) in [7, 11) is 0. The highest BCUT2D eigenvalue weighted by Crippen LogP contribution is 2.27. The topological polar surface area (TPSA) is 97.7 Å². The molecule has 6 nitrogen and oxygen atoms in total. The van der Waals surface area contributed by atoms with Gasteiger partial charge in [-0.2, -0.15) is 0 Å². The van der Waals surface area contributed by atoms with Gasteiger partial charge in [0.1, 0.15) is 0 Å². The Morgan fingerprint density at radius 2 is 1.90 bits per heavy atom. The minimum Gasteiger partial charge on any atom is -0.478 e. The van der Waals surface area contributed by atoms with Gasteiger partial charge in [-0.25, -0.2) is 14.4 Å². The number of ether oxygens (including phenoxy) is 1. The molecule has 1 aliphatic rings. The fraction of sp³-hybridized carbons (Fsp3) is 0.200. The van der Waals surface area contributed by atoms with Crippen LogP contribution >= 0.6 is 0 Å². The van der Waals surface area contributed by atoms with Gasteiger partial charge in [0.05, 0.1) is 16.7 Å². The molecule has 2 rings (SSSR count). The van der Waals surface area contributed by atoms with Crippen molar-refractivity contribution in [2.45, 2.75) is 19.8 Å². The number of carbonyl (C=O) groups excluding carboxylic acids is 3. The first-order chi connectivity index (χ1) is 9.81. The molecule has 0 amide bonds. The molecule has 6 heteroatoms. The van der Waals surface area contributed by atoms with E-state index in [4.69, 9.17) is 5.11 Å². The van der Waals surface area contributed by atoms with E-state index in [0.29, 0.717) is 11.1 Å². The molecule has 0 aliphatic carbocycles. The van der Waals surface area contributed by atoms with E-state index in [1.165, 1.54) is 6.07 Å². The number of carboxylic acids is 1. The molecule has 1 aromatic rings. The van der Waals surface area contributed by atoms with Crippen molar-refractivity contribution in [3.8, 4) is 0 Å². The number of cyclic esters (lactones) is 2. The van der Waals surface area contributed by atoms with E-state index in [2.05, 4.69) is 11.3 Å². The first-order valence-corrected chi connectivity index (χ1v) is 6.16. The van der Waals surface area contributed by atoms with E-state index < -0.39 is 17.9 Å². The van der Waals surface area contributed by atoms with Crippen LogP contribution in [0.2, 0.25) is 0 Å². The Balaban J connectivity index is 2.44. The number of carboxylic acid groups (broad SMARTS) is 1. The molecule has 1 N–H and O–H groups in total. The van der Waals surface area contributed by atoms with Crippen LogP contribution in [0.3, 0.4) is 0 Å². The molecule has 0 bridgehead atoms. The number of Topliss-reactive ketones (excluding diaryl/α,β-unsaturated/α-hetero) is 1. The second-order valence-electron chi connectivity index (χ2n) is 4.74. The Hall–Kier alpha value is -2.76. The van der Waals surface area contributed by atoms with Gasteiger partial charge in [-0.1, -0.05) is 6.58 Å². The van der Waals surface area contributed by atoms with Crippen molar-refractivity contribution in [1.29, 1.82) is 0 Å². The van der Waals surface area contributed by atoms with Gasteiger partial charge >= 0.3 is 17.9 Å². The lowest BCUT2D eigenvalue weighted by molar-refractivity contribution is -0.115. The SMILES string of the molecule is C=C(C)C(=O)CCc1cc(C(=O)O)cc2c1C(=O)OC2=O. The predicted molar refractivity (Wildman–Crippen MR) is 71.3 cm³/mol. The molecule has 0 radical (unpaired) electrons. The van der Waals surface area contributed by atoms with Crippen LogP contribution in [0.4, 0.5) is 0 Å². The first-order valence-electron chi connectivity index (χ1n) is 6.16. The molecule has 108 valence electrons. The Morgan fingerprint density at radius 1 is 1.24 bits per heavy atom. The Labute approximate surface area is 120 Å². The molecule has 0 aromatic heterocycles. The zero-order valence-electron chi connectivity index (χ0n) is 11.3. The molecule has 0 unspecified atom stereocenters. The van der Waals surface area contributed by atoms with Gasteiger partial charge in [0.25, 0.3) is 0 Å². The van der Waals surface area contributed by atoms with Crippen molar-refractivity contribution < 1.29 is 29.0 Å². The van der Waals surface area contributed by atoms with Gasteiger partial charge in [0, 0.05) is 6.42 Å². The fourth-order valence-corrected chi connectivity index (χ4v) is 2.08. The normalized spacial score (nSPS) is 12.8. The minimum absolute atomic E-state index is 0.0412. The molecule has 0 fully saturated rings. The summed E-state index contributed by atoms with van der Waals surface area (Å²) in [6.07, 6.45) is 0.212. The minimum atomic E-state index is -1.22. The lowest BCUT2D eigenvalue weighted by Gasteiger charge is -2.06. The van der Waals surface area contributed by atoms with Crippen LogP contribution in [0.1, 0.15) is 50.0 Å². The first kappa shape index (κ1) is 14.6. The van der Waals surface area contributed by atoms with Crippen molar-refractivity contribution in [2.75, 3.05) is 0 Å². The third-order valence-electron chi connectivity index (χ3n) is 3.17. The van der Waals surface area contributed by atoms with Crippen molar-refractivity contribution in [1.82, 2.24) is 0 Å². The maximum atomic E-state index is 11.7. The summed E-state index contributed by atoms with van der Waals surface area (Å²) in [5, 5.41) is 9.04. The average Bonchev–Trinajstić information content (AvgIpc) is 2.70. The average molecular weight is 288 g/mol. The summed E-state index contributed by atoms with van der Waals surface area (Å²) in [6, 6.07) is 2.39. The van der Waals surface area contributed by atoms with Gasteiger partial charge < -0.3 is 9.84 Å². The Bertz CT molecular complexity index is 698. The number of ketones is 1. The van der Waals surface area contributed by atoms with Gasteiger partial charge in [0.15, 0.2) is 5.78 Å². The number of benzene rings is 1. The van der Waals surface area contributed by atoms with Crippen LogP contribution in [-0.2, 0) is 16.0 Å². The van der Waals surface area contributed by atoms with Gasteiger partial charge in [0.2, 0.25) is 0 Å². The van der Waals surface area contributed by atoms with Crippen molar-refractivity contribution in [3.63, 3.8) is 0 Å². The molecule has 0 saturated heterocycles. The maximum Gasteiger partial charge on any atom is 0.347 e. The smallest absolute Gasteiger partial charge is 0.347 e. The molecular formula is C15H12O6. The maximum absolute atomic E-state index is 11.7. The van der Waals surface area contributed by atoms with E-state index in [-0.39, 0.29) is 35.3 Å². The second-order valence-corrected chi connectivity index (χ2v) is 4.74. The summed E-state index contributed by atoms with van der Waals surface area (Å²) in [5.41, 5.74) is 0.533. The second kappa shape index (κ2) is 5.32. The number of aryl methyl sites for hydroxylation is 1. The summed E-state index contributed by atoms with van der Waals surface area (Å²) >= 11 is 0. The lowest BCUT2D eigenvalue weighted by Crippen LogP contribution is -2.08. The number of esters is 2. The van der Waals surface area contributed by atoms with Gasteiger partial charge in [-0.3, -0.25) is 4.79 Å². The number of aromatic carboxylic acids is 1. The molecule has 0 atom stereocenters. The van der Waals surface area contributed by atoms with E-state index in [9.17, 15) is 19.2 Å². The highest BCUT2D eigenvalue weighted by molar-refractivity contribution is 6.16. The van der Waals surface area contributed by atoms with Crippen LogP contribution in [-0.4, -0.2) is 28.8 Å². The predicted octanol–water partition coefficient (Wildman–Crippen LogP) is 1.77. The van der Waals surface area contributed by atoms with E-state index in [1.54, 1.807) is 6.92 Å². The monoisotopic (exact) mass is 288 g/mol. The number of carbonyl (C=O) groups is 4. The molecule has 21 heavy (non-hydrogen) atoms. The molecule has 0 saturated carbocycles.